The normalized spacial score (nSPS) is 13.5. The summed E-state index contributed by atoms with van der Waals surface area (Å²) in [5.74, 6) is -0.533. The van der Waals surface area contributed by atoms with Crippen molar-refractivity contribution >= 4 is 51.7 Å². The van der Waals surface area contributed by atoms with Gasteiger partial charge in [0.15, 0.2) is 5.75 Å². The van der Waals surface area contributed by atoms with E-state index in [9.17, 15) is 14.4 Å². The second kappa shape index (κ2) is 9.46. The van der Waals surface area contributed by atoms with Gasteiger partial charge in [0.1, 0.15) is 5.65 Å². The highest BCUT2D eigenvalue weighted by molar-refractivity contribution is 6.36. The maximum Gasteiger partial charge on any atom is 0.419 e. The van der Waals surface area contributed by atoms with Crippen molar-refractivity contribution in [3.05, 3.63) is 59.4 Å². The minimum atomic E-state index is -0.590. The quantitative estimate of drug-likeness (QED) is 0.560. The number of pyridine rings is 1. The number of benzene rings is 1. The number of ketones is 1. The molecule has 0 fully saturated rings. The van der Waals surface area contributed by atoms with E-state index in [2.05, 4.69) is 9.97 Å². The molecule has 0 bridgehead atoms. The lowest BCUT2D eigenvalue weighted by molar-refractivity contribution is -0.144. The molecule has 3 aromatic rings. The van der Waals surface area contributed by atoms with Crippen molar-refractivity contribution in [2.75, 3.05) is 25.0 Å². The molecule has 1 N–H and O–H groups in total. The van der Waals surface area contributed by atoms with Crippen LogP contribution in [-0.2, 0) is 9.59 Å². The van der Waals surface area contributed by atoms with Gasteiger partial charge in [-0.15, -0.1) is 0 Å². The number of fused-ring (bicyclic) bond motifs is 1. The lowest BCUT2D eigenvalue weighted by atomic mass is 9.99. The second-order valence-corrected chi connectivity index (χ2v) is 8.06. The molecule has 1 aliphatic rings. The number of carbonyl (C=O) groups excluding carboxylic acids is 3. The number of aromatic amines is 1. The zero-order chi connectivity index (χ0) is 23.5. The van der Waals surface area contributed by atoms with Crippen molar-refractivity contribution in [2.24, 2.45) is 0 Å². The molecule has 1 aliphatic heterocycles. The van der Waals surface area contributed by atoms with Crippen LogP contribution >= 0.6 is 11.6 Å². The first-order valence-electron chi connectivity index (χ1n) is 10.6. The Kier molecular flexibility index (Phi) is 6.46. The smallest absolute Gasteiger partial charge is 0.408 e. The molecule has 4 rings (SSSR count). The first kappa shape index (κ1) is 22.5. The Hall–Kier alpha value is -3.65. The Morgan fingerprint density at radius 1 is 1.27 bits per heavy atom. The monoisotopic (exact) mass is 466 g/mol. The predicted octanol–water partition coefficient (Wildman–Crippen LogP) is 4.45. The number of aromatic nitrogens is 2. The number of carbonyl (C=O) groups is 3. The van der Waals surface area contributed by atoms with Gasteiger partial charge in [0.2, 0.25) is 5.78 Å². The maximum atomic E-state index is 12.6. The minimum absolute atomic E-state index is 0.204. The van der Waals surface area contributed by atoms with Crippen LogP contribution in [0.1, 0.15) is 25.3 Å². The molecule has 170 valence electrons. The Morgan fingerprint density at radius 3 is 2.76 bits per heavy atom. The van der Waals surface area contributed by atoms with Gasteiger partial charge >= 0.3 is 6.09 Å². The van der Waals surface area contributed by atoms with Gasteiger partial charge in [-0.05, 0) is 30.2 Å². The first-order valence-corrected chi connectivity index (χ1v) is 11.0. The summed E-state index contributed by atoms with van der Waals surface area (Å²) >= 11 is 6.08. The number of para-hydroxylation sites is 1. The zero-order valence-corrected chi connectivity index (χ0v) is 19.1. The molecule has 0 spiro atoms. The van der Waals surface area contributed by atoms with E-state index in [1.807, 2.05) is 18.3 Å². The number of Topliss-reactive ketones (excluding diaryl/α,β-unsaturated/α-hetero) is 1. The molecule has 2 amide bonds. The fourth-order valence-electron chi connectivity index (χ4n) is 3.66. The van der Waals surface area contributed by atoms with E-state index in [-0.39, 0.29) is 18.0 Å². The molecular formula is C24H23ClN4O4. The van der Waals surface area contributed by atoms with Gasteiger partial charge in [0.25, 0.3) is 5.91 Å². The Labute approximate surface area is 195 Å². The Balaban J connectivity index is 1.55. The van der Waals surface area contributed by atoms with E-state index in [0.29, 0.717) is 35.9 Å². The lowest BCUT2D eigenvalue weighted by Crippen LogP contribution is -2.39. The molecule has 0 unspecified atom stereocenters. The van der Waals surface area contributed by atoms with Gasteiger partial charge in [-0.3, -0.25) is 14.5 Å². The molecule has 0 atom stereocenters. The van der Waals surface area contributed by atoms with Crippen LogP contribution in [0.2, 0.25) is 5.02 Å². The number of hydrogen-bond donors (Lipinski definition) is 1. The highest BCUT2D eigenvalue weighted by Crippen LogP contribution is 2.31. The van der Waals surface area contributed by atoms with E-state index in [0.717, 1.165) is 16.5 Å². The second-order valence-electron chi connectivity index (χ2n) is 7.66. The summed E-state index contributed by atoms with van der Waals surface area (Å²) in [5, 5.41) is 1.19. The van der Waals surface area contributed by atoms with Crippen LogP contribution in [0.5, 0.6) is 5.75 Å². The summed E-state index contributed by atoms with van der Waals surface area (Å²) in [6, 6.07) is 8.62. The number of hydrogen-bond acceptors (Lipinski definition) is 5. The van der Waals surface area contributed by atoms with Gasteiger partial charge < -0.3 is 14.6 Å². The molecular weight excluding hydrogens is 444 g/mol. The fourth-order valence-corrected chi connectivity index (χ4v) is 3.84. The van der Waals surface area contributed by atoms with Gasteiger partial charge in [0, 0.05) is 43.7 Å². The molecule has 8 nitrogen and oxygen atoms in total. The lowest BCUT2D eigenvalue weighted by Gasteiger charge is -2.25. The third-order valence-corrected chi connectivity index (χ3v) is 5.93. The topological polar surface area (TPSA) is 95.6 Å². The number of halogens is 1. The van der Waals surface area contributed by atoms with Gasteiger partial charge in [-0.2, -0.15) is 0 Å². The standard InChI is InChI=1S/C24H23ClN4O4/c1-3-20(30)23(31)29-10-8-15(9-11-29)18-14-27-22-17(18)12-16(13-26-22)28(2)24(32)33-21-7-5-4-6-19(21)25/h4-8,12-14H,3,9-11H2,1-2H3,(H,26,27). The number of H-pyrrole nitrogens is 1. The van der Waals surface area contributed by atoms with E-state index in [1.165, 1.54) is 4.90 Å². The number of amides is 2. The summed E-state index contributed by atoms with van der Waals surface area (Å²) in [6.07, 6.45) is 5.63. The molecule has 3 heterocycles. The van der Waals surface area contributed by atoms with Crippen LogP contribution in [0, 0.1) is 0 Å². The number of anilines is 1. The number of nitrogens with one attached hydrogen (secondary N) is 1. The molecule has 0 saturated heterocycles. The predicted molar refractivity (Wildman–Crippen MR) is 126 cm³/mol. The van der Waals surface area contributed by atoms with E-state index in [1.54, 1.807) is 49.3 Å². The summed E-state index contributed by atoms with van der Waals surface area (Å²) < 4.78 is 5.41. The molecule has 2 aromatic heterocycles. The molecule has 9 heteroatoms. The molecule has 0 radical (unpaired) electrons. The van der Waals surface area contributed by atoms with Crippen LogP contribution in [0.15, 0.2) is 48.8 Å². The van der Waals surface area contributed by atoms with Crippen molar-refractivity contribution in [1.82, 2.24) is 14.9 Å². The van der Waals surface area contributed by atoms with E-state index < -0.39 is 12.0 Å². The molecule has 1 aromatic carbocycles. The van der Waals surface area contributed by atoms with Crippen molar-refractivity contribution in [1.29, 1.82) is 0 Å². The highest BCUT2D eigenvalue weighted by atomic mass is 35.5. The maximum absolute atomic E-state index is 12.6. The third-order valence-electron chi connectivity index (χ3n) is 5.61. The molecule has 33 heavy (non-hydrogen) atoms. The Bertz CT molecular complexity index is 1270. The third kappa shape index (κ3) is 4.61. The van der Waals surface area contributed by atoms with Crippen LogP contribution in [0.3, 0.4) is 0 Å². The van der Waals surface area contributed by atoms with Crippen LogP contribution in [0.4, 0.5) is 10.5 Å². The number of rotatable bonds is 5. The SMILES string of the molecule is CCC(=O)C(=O)N1CC=C(c2c[nH]c3ncc(N(C)C(=O)Oc4ccccc4Cl)cc23)CC1. The van der Waals surface area contributed by atoms with E-state index >= 15 is 0 Å². The largest absolute Gasteiger partial charge is 0.419 e. The minimum Gasteiger partial charge on any atom is -0.408 e. The Morgan fingerprint density at radius 2 is 2.06 bits per heavy atom. The highest BCUT2D eigenvalue weighted by Gasteiger charge is 2.24. The van der Waals surface area contributed by atoms with Crippen LogP contribution in [0.25, 0.3) is 16.6 Å². The molecule has 0 saturated carbocycles. The van der Waals surface area contributed by atoms with Gasteiger partial charge in [-0.1, -0.05) is 36.7 Å². The van der Waals surface area contributed by atoms with Gasteiger partial charge in [0.05, 0.1) is 16.9 Å². The van der Waals surface area contributed by atoms with Crippen molar-refractivity contribution in [3.8, 4) is 5.75 Å². The summed E-state index contributed by atoms with van der Waals surface area (Å²) in [7, 11) is 1.60. The van der Waals surface area contributed by atoms with Gasteiger partial charge in [-0.25, -0.2) is 9.78 Å². The van der Waals surface area contributed by atoms with Crippen molar-refractivity contribution < 1.29 is 19.1 Å². The summed E-state index contributed by atoms with van der Waals surface area (Å²) in [4.78, 5) is 47.0. The zero-order valence-electron chi connectivity index (χ0n) is 18.3. The van der Waals surface area contributed by atoms with Crippen LogP contribution in [-0.4, -0.2) is 52.8 Å². The van der Waals surface area contributed by atoms with Crippen molar-refractivity contribution in [2.45, 2.75) is 19.8 Å². The van der Waals surface area contributed by atoms with Crippen molar-refractivity contribution in [3.63, 3.8) is 0 Å². The number of nitrogens with zero attached hydrogens (tertiary/aromatic N) is 3. The summed E-state index contributed by atoms with van der Waals surface area (Å²) in [5.41, 5.74) is 3.24. The average molecular weight is 467 g/mol. The average Bonchev–Trinajstić information content (AvgIpc) is 3.27. The first-order chi connectivity index (χ1) is 15.9. The van der Waals surface area contributed by atoms with E-state index in [4.69, 9.17) is 16.3 Å². The van der Waals surface area contributed by atoms with Crippen LogP contribution < -0.4 is 9.64 Å². The fraction of sp³-hybridized carbons (Fsp3) is 0.250. The number of ether oxygens (including phenoxy) is 1. The summed E-state index contributed by atoms with van der Waals surface area (Å²) in [6.45, 7) is 2.53. The molecule has 0 aliphatic carbocycles.